The van der Waals surface area contributed by atoms with Gasteiger partial charge in [0.15, 0.2) is 6.10 Å². The van der Waals surface area contributed by atoms with Gasteiger partial charge in [-0.3, -0.25) is 9.48 Å². The van der Waals surface area contributed by atoms with Gasteiger partial charge in [-0.15, -0.1) is 0 Å². The Bertz CT molecular complexity index is 801. The highest BCUT2D eigenvalue weighted by Gasteiger charge is 2.23. The van der Waals surface area contributed by atoms with Crippen LogP contribution in [0.2, 0.25) is 5.02 Å². The molecule has 0 radical (unpaired) electrons. The van der Waals surface area contributed by atoms with Gasteiger partial charge in [-0.2, -0.15) is 5.10 Å². The molecule has 7 nitrogen and oxygen atoms in total. The molecule has 2 aromatic rings. The van der Waals surface area contributed by atoms with Crippen LogP contribution in [0.15, 0.2) is 18.2 Å². The average Bonchev–Trinajstić information content (AvgIpc) is 2.73. The number of aryl methyl sites for hydroxylation is 2. The third-order valence-corrected chi connectivity index (χ3v) is 3.83. The zero-order valence-electron chi connectivity index (χ0n) is 13.8. The molecule has 1 amide bonds. The van der Waals surface area contributed by atoms with Crippen molar-refractivity contribution in [3.05, 3.63) is 40.2 Å². The van der Waals surface area contributed by atoms with Gasteiger partial charge in [-0.25, -0.2) is 4.79 Å². The molecular weight excluding hydrogens is 334 g/mol. The van der Waals surface area contributed by atoms with Crippen molar-refractivity contribution in [1.29, 1.82) is 0 Å². The number of hydrogen-bond acceptors (Lipinski definition) is 5. The van der Waals surface area contributed by atoms with Crippen molar-refractivity contribution in [3.8, 4) is 5.75 Å². The zero-order valence-corrected chi connectivity index (χ0v) is 14.5. The number of halogens is 1. The number of ether oxygens (including phenoxy) is 1. The molecular formula is C16H18ClN3O4. The van der Waals surface area contributed by atoms with Crippen LogP contribution in [-0.2, 0) is 16.6 Å². The van der Waals surface area contributed by atoms with E-state index in [0.717, 1.165) is 5.69 Å². The van der Waals surface area contributed by atoms with Crippen molar-refractivity contribution in [2.45, 2.75) is 26.9 Å². The standard InChI is InChI=1S/C16H18ClN3O4/c1-8-14(9(2)20(4)19-8)18-15(22)10(3)24-16(23)12-6-5-11(17)7-13(12)21/h5-7,10,21H,1-4H3,(H,18,22)/t10-/m0/s1. The molecule has 1 heterocycles. The summed E-state index contributed by atoms with van der Waals surface area (Å²) in [5, 5.41) is 16.9. The number of aromatic nitrogens is 2. The number of carbonyl (C=O) groups is 2. The average molecular weight is 352 g/mol. The SMILES string of the molecule is Cc1nn(C)c(C)c1NC(=O)[C@H](C)OC(=O)c1ccc(Cl)cc1O. The Morgan fingerprint density at radius 1 is 1.38 bits per heavy atom. The van der Waals surface area contributed by atoms with Crippen LogP contribution in [0.3, 0.4) is 0 Å². The second-order valence-corrected chi connectivity index (χ2v) is 5.80. The molecule has 1 aromatic heterocycles. The maximum absolute atomic E-state index is 12.2. The molecule has 0 fully saturated rings. The number of carbonyl (C=O) groups excluding carboxylic acids is 2. The first kappa shape index (κ1) is 17.8. The zero-order chi connectivity index (χ0) is 18.0. The Morgan fingerprint density at radius 3 is 2.58 bits per heavy atom. The van der Waals surface area contributed by atoms with E-state index >= 15 is 0 Å². The van der Waals surface area contributed by atoms with Gasteiger partial charge in [0, 0.05) is 12.1 Å². The van der Waals surface area contributed by atoms with Gasteiger partial charge >= 0.3 is 5.97 Å². The normalized spacial score (nSPS) is 11.9. The molecule has 0 aliphatic carbocycles. The maximum atomic E-state index is 12.2. The number of esters is 1. The first-order chi connectivity index (χ1) is 11.2. The van der Waals surface area contributed by atoms with Crippen molar-refractivity contribution >= 4 is 29.2 Å². The number of nitrogens with one attached hydrogen (secondary N) is 1. The van der Waals surface area contributed by atoms with E-state index in [-0.39, 0.29) is 16.3 Å². The van der Waals surface area contributed by atoms with Crippen molar-refractivity contribution in [2.75, 3.05) is 5.32 Å². The Balaban J connectivity index is 2.07. The quantitative estimate of drug-likeness (QED) is 0.826. The fourth-order valence-electron chi connectivity index (χ4n) is 2.13. The summed E-state index contributed by atoms with van der Waals surface area (Å²) in [6, 6.07) is 4.01. The molecule has 0 saturated carbocycles. The van der Waals surface area contributed by atoms with E-state index in [9.17, 15) is 14.7 Å². The highest BCUT2D eigenvalue weighted by atomic mass is 35.5. The van der Waals surface area contributed by atoms with Crippen LogP contribution in [0.25, 0.3) is 0 Å². The minimum atomic E-state index is -1.05. The molecule has 0 spiro atoms. The van der Waals surface area contributed by atoms with Gasteiger partial charge in [-0.1, -0.05) is 11.6 Å². The third kappa shape index (κ3) is 3.68. The lowest BCUT2D eigenvalue weighted by molar-refractivity contribution is -0.123. The number of anilines is 1. The van der Waals surface area contributed by atoms with E-state index < -0.39 is 18.0 Å². The molecule has 2 N–H and O–H groups in total. The molecule has 0 aliphatic rings. The van der Waals surface area contributed by atoms with Crippen molar-refractivity contribution in [2.24, 2.45) is 7.05 Å². The van der Waals surface area contributed by atoms with Crippen molar-refractivity contribution in [1.82, 2.24) is 9.78 Å². The van der Waals surface area contributed by atoms with Crippen LogP contribution in [0.5, 0.6) is 5.75 Å². The lowest BCUT2D eigenvalue weighted by Crippen LogP contribution is -2.30. The third-order valence-electron chi connectivity index (χ3n) is 3.59. The summed E-state index contributed by atoms with van der Waals surface area (Å²) in [5.41, 5.74) is 1.97. The monoisotopic (exact) mass is 351 g/mol. The smallest absolute Gasteiger partial charge is 0.342 e. The minimum Gasteiger partial charge on any atom is -0.507 e. The van der Waals surface area contributed by atoms with Crippen LogP contribution in [-0.4, -0.2) is 32.9 Å². The summed E-state index contributed by atoms with van der Waals surface area (Å²) in [4.78, 5) is 24.3. The predicted molar refractivity (Wildman–Crippen MR) is 89.3 cm³/mol. The van der Waals surface area contributed by atoms with E-state index in [0.29, 0.717) is 11.4 Å². The van der Waals surface area contributed by atoms with Crippen molar-refractivity contribution in [3.63, 3.8) is 0 Å². The van der Waals surface area contributed by atoms with E-state index in [2.05, 4.69) is 10.4 Å². The largest absolute Gasteiger partial charge is 0.507 e. The fourth-order valence-corrected chi connectivity index (χ4v) is 2.30. The predicted octanol–water partition coefficient (Wildman–Crippen LogP) is 2.58. The first-order valence-electron chi connectivity index (χ1n) is 7.21. The summed E-state index contributed by atoms with van der Waals surface area (Å²) in [6.45, 7) is 5.03. The number of hydrogen-bond donors (Lipinski definition) is 2. The lowest BCUT2D eigenvalue weighted by atomic mass is 10.2. The number of phenols is 1. The summed E-state index contributed by atoms with van der Waals surface area (Å²) >= 11 is 5.72. The molecule has 1 aromatic carbocycles. The molecule has 0 unspecified atom stereocenters. The molecule has 8 heteroatoms. The fraction of sp³-hybridized carbons (Fsp3) is 0.312. The number of amides is 1. The Hall–Kier alpha value is -2.54. The van der Waals surface area contributed by atoms with Crippen LogP contribution in [0, 0.1) is 13.8 Å². The minimum absolute atomic E-state index is 0.0622. The Labute approximate surface area is 144 Å². The molecule has 0 bridgehead atoms. The number of benzene rings is 1. The van der Waals surface area contributed by atoms with Crippen molar-refractivity contribution < 1.29 is 19.4 Å². The van der Waals surface area contributed by atoms with Gasteiger partial charge in [0.25, 0.3) is 5.91 Å². The highest BCUT2D eigenvalue weighted by molar-refractivity contribution is 6.30. The maximum Gasteiger partial charge on any atom is 0.342 e. The van der Waals surface area contributed by atoms with Crippen LogP contribution < -0.4 is 5.32 Å². The highest BCUT2D eigenvalue weighted by Crippen LogP contribution is 2.23. The Morgan fingerprint density at radius 2 is 2.04 bits per heavy atom. The molecule has 128 valence electrons. The van der Waals surface area contributed by atoms with Crippen LogP contribution >= 0.6 is 11.6 Å². The number of aromatic hydroxyl groups is 1. The second-order valence-electron chi connectivity index (χ2n) is 5.37. The van der Waals surface area contributed by atoms with E-state index in [1.807, 2.05) is 6.92 Å². The van der Waals surface area contributed by atoms with Crippen LogP contribution in [0.4, 0.5) is 5.69 Å². The van der Waals surface area contributed by atoms with Gasteiger partial charge in [0.2, 0.25) is 0 Å². The summed E-state index contributed by atoms with van der Waals surface area (Å²) in [7, 11) is 1.77. The van der Waals surface area contributed by atoms with E-state index in [4.69, 9.17) is 16.3 Å². The number of nitrogens with zero attached hydrogens (tertiary/aromatic N) is 2. The molecule has 0 aliphatic heterocycles. The lowest BCUT2D eigenvalue weighted by Gasteiger charge is -2.14. The van der Waals surface area contributed by atoms with Gasteiger partial charge in [-0.05, 0) is 39.0 Å². The first-order valence-corrected chi connectivity index (χ1v) is 7.59. The van der Waals surface area contributed by atoms with Crippen LogP contribution in [0.1, 0.15) is 28.7 Å². The Kier molecular flexibility index (Phi) is 5.14. The number of phenolic OH excluding ortho intramolecular Hbond substituents is 1. The molecule has 1 atom stereocenters. The second kappa shape index (κ2) is 6.92. The topological polar surface area (TPSA) is 93.5 Å². The summed E-state index contributed by atoms with van der Waals surface area (Å²) < 4.78 is 6.74. The summed E-state index contributed by atoms with van der Waals surface area (Å²) in [6.07, 6.45) is -1.05. The summed E-state index contributed by atoms with van der Waals surface area (Å²) in [5.74, 6) is -1.61. The van der Waals surface area contributed by atoms with Gasteiger partial charge in [0.05, 0.1) is 17.1 Å². The molecule has 24 heavy (non-hydrogen) atoms. The van der Waals surface area contributed by atoms with Gasteiger partial charge in [0.1, 0.15) is 11.3 Å². The number of rotatable bonds is 4. The van der Waals surface area contributed by atoms with Gasteiger partial charge < -0.3 is 15.2 Å². The molecule has 0 saturated heterocycles. The van der Waals surface area contributed by atoms with E-state index in [1.165, 1.54) is 25.1 Å². The molecule has 2 rings (SSSR count). The van der Waals surface area contributed by atoms with E-state index in [1.54, 1.807) is 18.7 Å².